The molecule has 0 fully saturated rings. The van der Waals surface area contributed by atoms with E-state index in [9.17, 15) is 4.79 Å². The van der Waals surface area contributed by atoms with Gasteiger partial charge in [-0.05, 0) is 13.5 Å². The number of nitrogens with one attached hydrogen (secondary N) is 3. The van der Waals surface area contributed by atoms with E-state index in [2.05, 4.69) is 20.8 Å². The Balaban J connectivity index is 2.19. The van der Waals surface area contributed by atoms with Crippen LogP contribution in [0.25, 0.3) is 0 Å². The van der Waals surface area contributed by atoms with Gasteiger partial charge in [-0.15, -0.1) is 0 Å². The Morgan fingerprint density at radius 2 is 2.47 bits per heavy atom. The summed E-state index contributed by atoms with van der Waals surface area (Å²) in [6.07, 6.45) is 3.98. The van der Waals surface area contributed by atoms with Crippen molar-refractivity contribution in [3.05, 3.63) is 18.0 Å². The number of carbonyl (C=O) groups excluding carboxylic acids is 1. The summed E-state index contributed by atoms with van der Waals surface area (Å²) in [5.74, 6) is 0.0599. The molecule has 5 heteroatoms. The van der Waals surface area contributed by atoms with Gasteiger partial charge in [0.25, 0.3) is 0 Å². The number of aromatic nitrogens is 2. The molecule has 1 aromatic rings. The van der Waals surface area contributed by atoms with Crippen molar-refractivity contribution in [3.8, 4) is 0 Å². The Bertz CT molecular complexity index is 284. The van der Waals surface area contributed by atoms with E-state index in [0.29, 0.717) is 13.0 Å². The van der Waals surface area contributed by atoms with Crippen LogP contribution in [0.2, 0.25) is 0 Å². The number of amides is 1. The number of rotatable bonds is 6. The maximum atomic E-state index is 11.4. The number of aromatic amines is 1. The van der Waals surface area contributed by atoms with Gasteiger partial charge < -0.3 is 10.6 Å². The van der Waals surface area contributed by atoms with E-state index in [0.717, 1.165) is 12.1 Å². The lowest BCUT2D eigenvalue weighted by molar-refractivity contribution is -0.121. The normalized spacial score (nSPS) is 12.4. The second kappa shape index (κ2) is 6.19. The van der Waals surface area contributed by atoms with Crippen LogP contribution in [0.1, 0.15) is 25.8 Å². The summed E-state index contributed by atoms with van der Waals surface area (Å²) in [5.41, 5.74) is 0.986. The van der Waals surface area contributed by atoms with Gasteiger partial charge in [-0.3, -0.25) is 9.89 Å². The smallest absolute Gasteiger partial charge is 0.221 e. The summed E-state index contributed by atoms with van der Waals surface area (Å²) in [6.45, 7) is 5.45. The molecule has 1 unspecified atom stereocenters. The van der Waals surface area contributed by atoms with Crippen molar-refractivity contribution < 1.29 is 4.79 Å². The van der Waals surface area contributed by atoms with Gasteiger partial charge in [-0.25, -0.2) is 0 Å². The zero-order valence-electron chi connectivity index (χ0n) is 9.21. The predicted octanol–water partition coefficient (Wildman–Crippen LogP) is 0.414. The highest BCUT2D eigenvalue weighted by atomic mass is 16.1. The molecule has 0 aliphatic rings. The second-order valence-electron chi connectivity index (χ2n) is 3.55. The quantitative estimate of drug-likeness (QED) is 0.637. The average molecular weight is 210 g/mol. The summed E-state index contributed by atoms with van der Waals surface area (Å²) in [4.78, 5) is 11.4. The highest BCUT2D eigenvalue weighted by molar-refractivity contribution is 5.76. The van der Waals surface area contributed by atoms with Gasteiger partial charge in [0.1, 0.15) is 0 Å². The molecule has 1 heterocycles. The first kappa shape index (κ1) is 11.7. The summed E-state index contributed by atoms with van der Waals surface area (Å²) < 4.78 is 0. The van der Waals surface area contributed by atoms with Crippen molar-refractivity contribution in [1.29, 1.82) is 0 Å². The maximum absolute atomic E-state index is 11.4. The molecule has 1 rings (SSSR count). The molecule has 1 atom stereocenters. The largest absolute Gasteiger partial charge is 0.352 e. The van der Waals surface area contributed by atoms with Crippen LogP contribution >= 0.6 is 0 Å². The maximum Gasteiger partial charge on any atom is 0.221 e. The average Bonchev–Trinajstić information content (AvgIpc) is 2.67. The highest BCUT2D eigenvalue weighted by Gasteiger charge is 2.07. The van der Waals surface area contributed by atoms with Crippen LogP contribution in [0.3, 0.4) is 0 Å². The molecule has 0 aromatic carbocycles. The van der Waals surface area contributed by atoms with Crippen LogP contribution < -0.4 is 10.6 Å². The Hall–Kier alpha value is -1.36. The molecule has 0 aliphatic heterocycles. The van der Waals surface area contributed by atoms with Crippen molar-refractivity contribution in [1.82, 2.24) is 20.8 Å². The van der Waals surface area contributed by atoms with E-state index in [1.807, 2.05) is 13.8 Å². The van der Waals surface area contributed by atoms with Gasteiger partial charge in [0, 0.05) is 30.8 Å². The Labute approximate surface area is 89.6 Å². The van der Waals surface area contributed by atoms with Crippen molar-refractivity contribution in [2.75, 3.05) is 6.54 Å². The fourth-order valence-electron chi connectivity index (χ4n) is 1.35. The molecule has 5 nitrogen and oxygen atoms in total. The fourth-order valence-corrected chi connectivity index (χ4v) is 1.35. The third-order valence-electron chi connectivity index (χ3n) is 2.09. The molecule has 3 N–H and O–H groups in total. The molecule has 15 heavy (non-hydrogen) atoms. The minimum absolute atomic E-state index is 0.0599. The van der Waals surface area contributed by atoms with E-state index in [-0.39, 0.29) is 11.9 Å². The Morgan fingerprint density at radius 3 is 3.07 bits per heavy atom. The second-order valence-corrected chi connectivity index (χ2v) is 3.55. The van der Waals surface area contributed by atoms with Gasteiger partial charge in [0.2, 0.25) is 5.91 Å². The first-order valence-electron chi connectivity index (χ1n) is 5.20. The number of hydrogen-bond donors (Lipinski definition) is 3. The third-order valence-corrected chi connectivity index (χ3v) is 2.09. The van der Waals surface area contributed by atoms with Crippen molar-refractivity contribution >= 4 is 5.91 Å². The molecule has 0 spiro atoms. The van der Waals surface area contributed by atoms with Crippen LogP contribution in [0, 0.1) is 0 Å². The standard InChI is InChI=1S/C10H18N4O/c1-3-11-8(2)4-10(15)12-5-9-6-13-14-7-9/h6-8,11H,3-5H2,1-2H3,(H,12,15)(H,13,14). The first-order chi connectivity index (χ1) is 7.22. The Kier molecular flexibility index (Phi) is 4.83. The topological polar surface area (TPSA) is 69.8 Å². The zero-order chi connectivity index (χ0) is 11.1. The molecule has 1 amide bonds. The lowest BCUT2D eigenvalue weighted by Crippen LogP contribution is -2.33. The van der Waals surface area contributed by atoms with E-state index >= 15 is 0 Å². The number of hydrogen-bond acceptors (Lipinski definition) is 3. The number of H-pyrrole nitrogens is 1. The minimum atomic E-state index is 0.0599. The van der Waals surface area contributed by atoms with Gasteiger partial charge in [-0.1, -0.05) is 6.92 Å². The van der Waals surface area contributed by atoms with E-state index in [4.69, 9.17) is 0 Å². The van der Waals surface area contributed by atoms with Gasteiger partial charge in [0.15, 0.2) is 0 Å². The molecule has 0 radical (unpaired) electrons. The van der Waals surface area contributed by atoms with Crippen LogP contribution in [0.5, 0.6) is 0 Å². The predicted molar refractivity (Wildman–Crippen MR) is 58.2 cm³/mol. The molecule has 1 aromatic heterocycles. The molecular formula is C10H18N4O. The van der Waals surface area contributed by atoms with Crippen molar-refractivity contribution in [3.63, 3.8) is 0 Å². The minimum Gasteiger partial charge on any atom is -0.352 e. The molecule has 0 bridgehead atoms. The SMILES string of the molecule is CCNC(C)CC(=O)NCc1cn[nH]c1. The lowest BCUT2D eigenvalue weighted by Gasteiger charge is -2.11. The van der Waals surface area contributed by atoms with Gasteiger partial charge in [-0.2, -0.15) is 5.10 Å². The molecular weight excluding hydrogens is 192 g/mol. The molecule has 84 valence electrons. The highest BCUT2D eigenvalue weighted by Crippen LogP contribution is 1.94. The van der Waals surface area contributed by atoms with Crippen LogP contribution in [0.15, 0.2) is 12.4 Å². The van der Waals surface area contributed by atoms with Crippen LogP contribution in [0.4, 0.5) is 0 Å². The summed E-state index contributed by atoms with van der Waals surface area (Å²) in [5, 5.41) is 12.5. The monoisotopic (exact) mass is 210 g/mol. The van der Waals surface area contributed by atoms with Gasteiger partial charge in [0.05, 0.1) is 6.20 Å². The van der Waals surface area contributed by atoms with Crippen LogP contribution in [-0.4, -0.2) is 28.7 Å². The third kappa shape index (κ3) is 4.60. The molecule has 0 saturated heterocycles. The van der Waals surface area contributed by atoms with E-state index < -0.39 is 0 Å². The number of carbonyl (C=O) groups is 1. The summed E-state index contributed by atoms with van der Waals surface area (Å²) in [7, 11) is 0. The van der Waals surface area contributed by atoms with E-state index in [1.165, 1.54) is 0 Å². The van der Waals surface area contributed by atoms with Crippen molar-refractivity contribution in [2.24, 2.45) is 0 Å². The molecule has 0 saturated carbocycles. The fraction of sp³-hybridized carbons (Fsp3) is 0.600. The first-order valence-corrected chi connectivity index (χ1v) is 5.20. The zero-order valence-corrected chi connectivity index (χ0v) is 9.21. The summed E-state index contributed by atoms with van der Waals surface area (Å²) >= 11 is 0. The summed E-state index contributed by atoms with van der Waals surface area (Å²) in [6, 6.07) is 0.222. The van der Waals surface area contributed by atoms with E-state index in [1.54, 1.807) is 12.4 Å². The van der Waals surface area contributed by atoms with Gasteiger partial charge >= 0.3 is 0 Å². The Morgan fingerprint density at radius 1 is 1.67 bits per heavy atom. The van der Waals surface area contributed by atoms with Crippen molar-refractivity contribution in [2.45, 2.75) is 32.9 Å². The number of nitrogens with zero attached hydrogens (tertiary/aromatic N) is 1. The van der Waals surface area contributed by atoms with Crippen LogP contribution in [-0.2, 0) is 11.3 Å². The molecule has 0 aliphatic carbocycles. The lowest BCUT2D eigenvalue weighted by atomic mass is 10.2.